The lowest BCUT2D eigenvalue weighted by Crippen LogP contribution is -2.20. The molecule has 2 amide bonds. The van der Waals surface area contributed by atoms with Gasteiger partial charge in [0.15, 0.2) is 0 Å². The molecule has 0 rings (SSSR count). The Hall–Kier alpha value is -1.06. The van der Waals surface area contributed by atoms with Gasteiger partial charge < -0.3 is 10.6 Å². The Morgan fingerprint density at radius 3 is 0.808 bits per heavy atom. The molecule has 154 valence electrons. The zero-order valence-corrected chi connectivity index (χ0v) is 17.5. The van der Waals surface area contributed by atoms with Crippen molar-refractivity contribution in [3.05, 3.63) is 0 Å². The summed E-state index contributed by atoms with van der Waals surface area (Å²) in [4.78, 5) is 21.4. The predicted molar refractivity (Wildman–Crippen MR) is 111 cm³/mol. The average Bonchev–Trinajstić information content (AvgIpc) is 2.59. The van der Waals surface area contributed by atoms with Gasteiger partial charge >= 0.3 is 0 Å². The van der Waals surface area contributed by atoms with Crippen LogP contribution in [0, 0.1) is 0 Å². The van der Waals surface area contributed by atoms with E-state index in [2.05, 4.69) is 10.6 Å². The summed E-state index contributed by atoms with van der Waals surface area (Å²) in [6, 6.07) is 0. The van der Waals surface area contributed by atoms with Crippen molar-refractivity contribution in [3.8, 4) is 0 Å². The Bertz CT molecular complexity index is 300. The van der Waals surface area contributed by atoms with Gasteiger partial charge in [-0.05, 0) is 12.8 Å². The van der Waals surface area contributed by atoms with Crippen LogP contribution in [0.4, 0.5) is 0 Å². The standard InChI is InChI=1S/C22H44N2O2/c1-21(25)23-19-17-15-13-11-9-7-5-3-4-6-8-10-12-14-16-18-20-24-22(2)26/h3-20H2,1-2H3,(H,23,25)(H,24,26). The van der Waals surface area contributed by atoms with E-state index in [0.29, 0.717) is 0 Å². The van der Waals surface area contributed by atoms with Crippen molar-refractivity contribution in [1.82, 2.24) is 10.6 Å². The molecule has 0 bridgehead atoms. The van der Waals surface area contributed by atoms with E-state index in [1.54, 1.807) is 13.8 Å². The predicted octanol–water partition coefficient (Wildman–Crippen LogP) is 5.50. The van der Waals surface area contributed by atoms with Gasteiger partial charge in [0.05, 0.1) is 0 Å². The Kier molecular flexibility index (Phi) is 19.4. The second kappa shape index (κ2) is 20.3. The van der Waals surface area contributed by atoms with Crippen molar-refractivity contribution >= 4 is 11.8 Å². The van der Waals surface area contributed by atoms with Crippen LogP contribution in [0.1, 0.15) is 117 Å². The van der Waals surface area contributed by atoms with Crippen LogP contribution in [0.2, 0.25) is 0 Å². The molecule has 0 aromatic rings. The van der Waals surface area contributed by atoms with Crippen molar-refractivity contribution in [2.75, 3.05) is 13.1 Å². The van der Waals surface area contributed by atoms with Crippen LogP contribution in [-0.2, 0) is 9.59 Å². The van der Waals surface area contributed by atoms with Crippen LogP contribution in [0.5, 0.6) is 0 Å². The lowest BCUT2D eigenvalue weighted by molar-refractivity contribution is -0.119. The normalized spacial score (nSPS) is 10.7. The van der Waals surface area contributed by atoms with Gasteiger partial charge in [0.2, 0.25) is 11.8 Å². The van der Waals surface area contributed by atoms with Crippen LogP contribution < -0.4 is 10.6 Å². The van der Waals surface area contributed by atoms with E-state index in [1.807, 2.05) is 0 Å². The van der Waals surface area contributed by atoms with Crippen LogP contribution in [0.3, 0.4) is 0 Å². The Morgan fingerprint density at radius 2 is 0.615 bits per heavy atom. The van der Waals surface area contributed by atoms with Crippen LogP contribution in [-0.4, -0.2) is 24.9 Å². The monoisotopic (exact) mass is 368 g/mol. The zero-order valence-electron chi connectivity index (χ0n) is 17.5. The molecule has 0 unspecified atom stereocenters. The summed E-state index contributed by atoms with van der Waals surface area (Å²) in [7, 11) is 0. The van der Waals surface area contributed by atoms with E-state index in [4.69, 9.17) is 0 Å². The van der Waals surface area contributed by atoms with Gasteiger partial charge in [0.25, 0.3) is 0 Å². The summed E-state index contributed by atoms with van der Waals surface area (Å²) in [5.74, 6) is 0.174. The molecular formula is C22H44N2O2. The highest BCUT2D eigenvalue weighted by molar-refractivity contribution is 5.72. The van der Waals surface area contributed by atoms with E-state index in [1.165, 1.54) is 89.9 Å². The highest BCUT2D eigenvalue weighted by Crippen LogP contribution is 2.13. The number of amides is 2. The van der Waals surface area contributed by atoms with Gasteiger partial charge in [0, 0.05) is 26.9 Å². The molecule has 26 heavy (non-hydrogen) atoms. The fourth-order valence-electron chi connectivity index (χ4n) is 3.25. The molecule has 0 aliphatic rings. The molecule has 0 spiro atoms. The summed E-state index contributed by atoms with van der Waals surface area (Å²) >= 11 is 0. The Morgan fingerprint density at radius 1 is 0.423 bits per heavy atom. The summed E-state index contributed by atoms with van der Waals surface area (Å²) in [6.07, 6.45) is 21.2. The first-order valence-corrected chi connectivity index (χ1v) is 11.1. The quantitative estimate of drug-likeness (QED) is 0.296. The van der Waals surface area contributed by atoms with Gasteiger partial charge in [-0.3, -0.25) is 9.59 Å². The van der Waals surface area contributed by atoms with Crippen LogP contribution >= 0.6 is 0 Å². The minimum absolute atomic E-state index is 0.0868. The van der Waals surface area contributed by atoms with Crippen LogP contribution in [0.25, 0.3) is 0 Å². The fraction of sp³-hybridized carbons (Fsp3) is 0.909. The number of carbonyl (C=O) groups excluding carboxylic acids is 2. The molecule has 4 nitrogen and oxygen atoms in total. The van der Waals surface area contributed by atoms with Gasteiger partial charge in [0.1, 0.15) is 0 Å². The Labute approximate surface area is 162 Å². The largest absolute Gasteiger partial charge is 0.356 e. The molecule has 0 atom stereocenters. The first-order chi connectivity index (χ1) is 12.6. The van der Waals surface area contributed by atoms with E-state index < -0.39 is 0 Å². The first kappa shape index (κ1) is 24.9. The van der Waals surface area contributed by atoms with E-state index >= 15 is 0 Å². The maximum atomic E-state index is 10.7. The number of carbonyl (C=O) groups is 2. The number of nitrogens with one attached hydrogen (secondary N) is 2. The molecule has 0 saturated heterocycles. The average molecular weight is 369 g/mol. The molecule has 0 heterocycles. The number of rotatable bonds is 19. The fourth-order valence-corrected chi connectivity index (χ4v) is 3.25. The third-order valence-corrected chi connectivity index (χ3v) is 4.85. The third kappa shape index (κ3) is 22.9. The van der Waals surface area contributed by atoms with Crippen molar-refractivity contribution in [3.63, 3.8) is 0 Å². The summed E-state index contributed by atoms with van der Waals surface area (Å²) in [5.41, 5.74) is 0. The summed E-state index contributed by atoms with van der Waals surface area (Å²) < 4.78 is 0. The molecule has 4 heteroatoms. The number of hydrogen-bond acceptors (Lipinski definition) is 2. The molecule has 0 aromatic carbocycles. The summed E-state index contributed by atoms with van der Waals surface area (Å²) in [5, 5.41) is 5.70. The van der Waals surface area contributed by atoms with Crippen molar-refractivity contribution in [2.24, 2.45) is 0 Å². The maximum absolute atomic E-state index is 10.7. The van der Waals surface area contributed by atoms with Gasteiger partial charge in [-0.1, -0.05) is 89.9 Å². The Balaban J connectivity index is 3.01. The molecule has 0 aliphatic heterocycles. The van der Waals surface area contributed by atoms with Gasteiger partial charge in [-0.15, -0.1) is 0 Å². The highest BCUT2D eigenvalue weighted by atomic mass is 16.1. The van der Waals surface area contributed by atoms with E-state index in [-0.39, 0.29) is 11.8 Å². The lowest BCUT2D eigenvalue weighted by atomic mass is 10.0. The molecule has 0 fully saturated rings. The smallest absolute Gasteiger partial charge is 0.216 e. The minimum Gasteiger partial charge on any atom is -0.356 e. The van der Waals surface area contributed by atoms with Crippen LogP contribution in [0.15, 0.2) is 0 Å². The molecule has 0 aliphatic carbocycles. The molecular weight excluding hydrogens is 324 g/mol. The number of unbranched alkanes of at least 4 members (excludes halogenated alkanes) is 15. The van der Waals surface area contributed by atoms with Gasteiger partial charge in [-0.25, -0.2) is 0 Å². The SMILES string of the molecule is CC(=O)NCCCCCCCCCCCCCCCCCCNC(C)=O. The van der Waals surface area contributed by atoms with Crippen molar-refractivity contribution < 1.29 is 9.59 Å². The number of hydrogen-bond donors (Lipinski definition) is 2. The summed E-state index contributed by atoms with van der Waals surface area (Å²) in [6.45, 7) is 4.84. The zero-order chi connectivity index (χ0) is 19.3. The lowest BCUT2D eigenvalue weighted by Gasteiger charge is -2.04. The maximum Gasteiger partial charge on any atom is 0.216 e. The van der Waals surface area contributed by atoms with Gasteiger partial charge in [-0.2, -0.15) is 0 Å². The minimum atomic E-state index is 0.0868. The second-order valence-corrected chi connectivity index (χ2v) is 7.62. The second-order valence-electron chi connectivity index (χ2n) is 7.62. The van der Waals surface area contributed by atoms with Crippen molar-refractivity contribution in [2.45, 2.75) is 117 Å². The van der Waals surface area contributed by atoms with E-state index in [0.717, 1.165) is 25.9 Å². The topological polar surface area (TPSA) is 58.2 Å². The molecule has 0 aromatic heterocycles. The molecule has 0 saturated carbocycles. The molecule has 0 radical (unpaired) electrons. The first-order valence-electron chi connectivity index (χ1n) is 11.1. The van der Waals surface area contributed by atoms with Crippen molar-refractivity contribution in [1.29, 1.82) is 0 Å². The third-order valence-electron chi connectivity index (χ3n) is 4.85. The highest BCUT2D eigenvalue weighted by Gasteiger charge is 1.96. The molecule has 2 N–H and O–H groups in total. The van der Waals surface area contributed by atoms with E-state index in [9.17, 15) is 9.59 Å².